The molecule has 2 amide bonds. The number of aromatic nitrogens is 2. The molecule has 9 nitrogen and oxygen atoms in total. The maximum Gasteiger partial charge on any atom is 0.233 e. The normalized spacial score (nSPS) is 17.9. The molecule has 1 aliphatic carbocycles. The molecule has 1 saturated heterocycles. The van der Waals surface area contributed by atoms with Gasteiger partial charge in [0.15, 0.2) is 15.8 Å². The molecule has 0 atom stereocenters. The average Bonchev–Trinajstić information content (AvgIpc) is 3.36. The van der Waals surface area contributed by atoms with Gasteiger partial charge in [-0.25, -0.2) is 0 Å². The van der Waals surface area contributed by atoms with Crippen LogP contribution in [0.3, 0.4) is 0 Å². The Kier molecular flexibility index (Phi) is 6.70. The number of piperazine rings is 1. The maximum atomic E-state index is 12.7. The summed E-state index contributed by atoms with van der Waals surface area (Å²) in [6.45, 7) is 6.08. The van der Waals surface area contributed by atoms with Gasteiger partial charge in [-0.05, 0) is 30.5 Å². The van der Waals surface area contributed by atoms with Gasteiger partial charge in [0.1, 0.15) is 0 Å². The molecule has 33 heavy (non-hydrogen) atoms. The van der Waals surface area contributed by atoms with Gasteiger partial charge < -0.3 is 14.4 Å². The van der Waals surface area contributed by atoms with Crippen LogP contribution in [0.2, 0.25) is 0 Å². The number of ether oxygens (including phenoxy) is 2. The third-order valence-corrected chi connectivity index (χ3v) is 8.01. The van der Waals surface area contributed by atoms with Gasteiger partial charge in [0, 0.05) is 45.2 Å². The highest BCUT2D eigenvalue weighted by molar-refractivity contribution is 8.01. The summed E-state index contributed by atoms with van der Waals surface area (Å²) in [5.74, 6) is 2.13. The number of carbonyl (C=O) groups is 2. The Morgan fingerprint density at radius 1 is 1.15 bits per heavy atom. The largest absolute Gasteiger partial charge is 0.454 e. The standard InChI is InChI=1S/C22H27N5O4S2/c1-2-19(28)27(16-4-5-16)21-23-24-22(33-21)32-13-20(29)26-9-7-25(8-10-26)12-15-3-6-17-18(11-15)31-14-30-17/h3,6,11,16H,2,4-5,7-10,12-14H2,1H3. The van der Waals surface area contributed by atoms with Crippen LogP contribution < -0.4 is 14.4 Å². The number of hydrogen-bond acceptors (Lipinski definition) is 9. The molecule has 3 heterocycles. The van der Waals surface area contributed by atoms with Gasteiger partial charge in [0.05, 0.1) is 5.75 Å². The lowest BCUT2D eigenvalue weighted by Crippen LogP contribution is -2.48. The number of thioether (sulfide) groups is 1. The quantitative estimate of drug-likeness (QED) is 0.413. The number of rotatable bonds is 8. The Labute approximate surface area is 201 Å². The van der Waals surface area contributed by atoms with Crippen LogP contribution in [0.4, 0.5) is 5.13 Å². The summed E-state index contributed by atoms with van der Waals surface area (Å²) in [7, 11) is 0. The highest BCUT2D eigenvalue weighted by Gasteiger charge is 2.35. The zero-order valence-electron chi connectivity index (χ0n) is 18.6. The molecule has 0 spiro atoms. The van der Waals surface area contributed by atoms with Gasteiger partial charge in [-0.15, -0.1) is 10.2 Å². The number of fused-ring (bicyclic) bond motifs is 1. The second kappa shape index (κ2) is 9.86. The second-order valence-corrected chi connectivity index (χ2v) is 10.5. The van der Waals surface area contributed by atoms with Gasteiger partial charge in [-0.1, -0.05) is 36.1 Å². The lowest BCUT2D eigenvalue weighted by atomic mass is 10.1. The fourth-order valence-corrected chi connectivity index (χ4v) is 5.83. The molecule has 1 aromatic carbocycles. The molecule has 5 rings (SSSR count). The Morgan fingerprint density at radius 3 is 2.70 bits per heavy atom. The summed E-state index contributed by atoms with van der Waals surface area (Å²) in [5, 5.41) is 9.07. The summed E-state index contributed by atoms with van der Waals surface area (Å²) in [6, 6.07) is 6.32. The highest BCUT2D eigenvalue weighted by Crippen LogP contribution is 2.36. The zero-order valence-corrected chi connectivity index (χ0v) is 20.2. The van der Waals surface area contributed by atoms with Crippen molar-refractivity contribution in [3.63, 3.8) is 0 Å². The number of amides is 2. The molecule has 0 bridgehead atoms. The van der Waals surface area contributed by atoms with E-state index in [4.69, 9.17) is 9.47 Å². The molecule has 1 aromatic heterocycles. The molecule has 0 radical (unpaired) electrons. The van der Waals surface area contributed by atoms with Gasteiger partial charge in [0.2, 0.25) is 23.7 Å². The predicted octanol–water partition coefficient (Wildman–Crippen LogP) is 2.61. The van der Waals surface area contributed by atoms with Crippen LogP contribution in [0, 0.1) is 0 Å². The molecule has 11 heteroatoms. The fraction of sp³-hybridized carbons (Fsp3) is 0.545. The Bertz CT molecular complexity index is 1020. The number of anilines is 1. The monoisotopic (exact) mass is 489 g/mol. The van der Waals surface area contributed by atoms with Crippen LogP contribution in [0.25, 0.3) is 0 Å². The SMILES string of the molecule is CCC(=O)N(c1nnc(SCC(=O)N2CCN(Cc3ccc4c(c3)OCO4)CC2)s1)C1CC1. The Morgan fingerprint density at radius 2 is 1.94 bits per heavy atom. The molecule has 2 aromatic rings. The molecular weight excluding hydrogens is 462 g/mol. The summed E-state index contributed by atoms with van der Waals surface area (Å²) < 4.78 is 11.6. The number of carbonyl (C=O) groups excluding carboxylic acids is 2. The predicted molar refractivity (Wildman–Crippen MR) is 126 cm³/mol. The smallest absolute Gasteiger partial charge is 0.233 e. The molecule has 0 unspecified atom stereocenters. The number of benzene rings is 1. The topological polar surface area (TPSA) is 88.1 Å². The van der Waals surface area contributed by atoms with Crippen molar-refractivity contribution in [1.82, 2.24) is 20.0 Å². The van der Waals surface area contributed by atoms with E-state index in [1.165, 1.54) is 28.7 Å². The van der Waals surface area contributed by atoms with Gasteiger partial charge >= 0.3 is 0 Å². The lowest BCUT2D eigenvalue weighted by molar-refractivity contribution is -0.130. The van der Waals surface area contributed by atoms with Crippen molar-refractivity contribution in [2.45, 2.75) is 43.1 Å². The van der Waals surface area contributed by atoms with Crippen LogP contribution in [0.5, 0.6) is 11.5 Å². The maximum absolute atomic E-state index is 12.7. The van der Waals surface area contributed by atoms with Gasteiger partial charge in [0.25, 0.3) is 0 Å². The van der Waals surface area contributed by atoms with E-state index < -0.39 is 0 Å². The summed E-state index contributed by atoms with van der Waals surface area (Å²) in [5.41, 5.74) is 1.18. The van der Waals surface area contributed by atoms with Gasteiger partial charge in [-0.3, -0.25) is 19.4 Å². The minimum atomic E-state index is 0.0832. The van der Waals surface area contributed by atoms with E-state index in [1.807, 2.05) is 24.0 Å². The summed E-state index contributed by atoms with van der Waals surface area (Å²) in [4.78, 5) is 31.0. The third-order valence-electron chi connectivity index (χ3n) is 5.97. The molecule has 3 aliphatic rings. The summed E-state index contributed by atoms with van der Waals surface area (Å²) >= 11 is 2.80. The van der Waals surface area contributed by atoms with Crippen LogP contribution in [0.1, 0.15) is 31.7 Å². The Balaban J connectivity index is 1.08. The van der Waals surface area contributed by atoms with Crippen LogP contribution in [-0.4, -0.2) is 76.6 Å². The fourth-order valence-electron chi connectivity index (χ4n) is 4.00. The van der Waals surface area contributed by atoms with E-state index in [9.17, 15) is 9.59 Å². The molecule has 2 fully saturated rings. The number of nitrogens with zero attached hydrogens (tertiary/aromatic N) is 5. The molecule has 2 aliphatic heterocycles. The first-order valence-corrected chi connectivity index (χ1v) is 13.1. The van der Waals surface area contributed by atoms with Crippen molar-refractivity contribution in [3.8, 4) is 11.5 Å². The van der Waals surface area contributed by atoms with E-state index in [-0.39, 0.29) is 24.6 Å². The molecular formula is C22H27N5O4S2. The van der Waals surface area contributed by atoms with Crippen molar-refractivity contribution < 1.29 is 19.1 Å². The van der Waals surface area contributed by atoms with E-state index in [2.05, 4.69) is 21.2 Å². The van der Waals surface area contributed by atoms with E-state index in [0.717, 1.165) is 48.3 Å². The third kappa shape index (κ3) is 5.25. The molecule has 1 saturated carbocycles. The minimum Gasteiger partial charge on any atom is -0.454 e. The zero-order chi connectivity index (χ0) is 22.8. The first-order chi connectivity index (χ1) is 16.1. The van der Waals surface area contributed by atoms with Crippen molar-refractivity contribution in [1.29, 1.82) is 0 Å². The van der Waals surface area contributed by atoms with E-state index in [1.54, 1.807) is 4.90 Å². The number of hydrogen-bond donors (Lipinski definition) is 0. The Hall–Kier alpha value is -2.37. The van der Waals surface area contributed by atoms with Crippen molar-refractivity contribution in [2.75, 3.05) is 43.6 Å². The van der Waals surface area contributed by atoms with E-state index >= 15 is 0 Å². The van der Waals surface area contributed by atoms with Crippen LogP contribution in [0.15, 0.2) is 22.5 Å². The van der Waals surface area contributed by atoms with Crippen LogP contribution >= 0.6 is 23.1 Å². The van der Waals surface area contributed by atoms with Crippen molar-refractivity contribution >= 4 is 40.0 Å². The lowest BCUT2D eigenvalue weighted by Gasteiger charge is -2.34. The first-order valence-electron chi connectivity index (χ1n) is 11.3. The highest BCUT2D eigenvalue weighted by atomic mass is 32.2. The second-order valence-electron chi connectivity index (χ2n) is 8.33. The van der Waals surface area contributed by atoms with Crippen molar-refractivity contribution in [2.24, 2.45) is 0 Å². The summed E-state index contributed by atoms with van der Waals surface area (Å²) in [6.07, 6.45) is 2.50. The van der Waals surface area contributed by atoms with Gasteiger partial charge in [-0.2, -0.15) is 0 Å². The van der Waals surface area contributed by atoms with Crippen LogP contribution in [-0.2, 0) is 16.1 Å². The first kappa shape index (κ1) is 22.4. The van der Waals surface area contributed by atoms with E-state index in [0.29, 0.717) is 30.4 Å². The molecule has 0 N–H and O–H groups in total. The average molecular weight is 490 g/mol. The minimum absolute atomic E-state index is 0.0832. The molecule has 176 valence electrons. The van der Waals surface area contributed by atoms with Crippen molar-refractivity contribution in [3.05, 3.63) is 23.8 Å².